The molecule has 1 N–H and O–H groups in total. The Morgan fingerprint density at radius 1 is 1.35 bits per heavy atom. The highest BCUT2D eigenvalue weighted by Crippen LogP contribution is 2.40. The molecule has 0 bridgehead atoms. The predicted molar refractivity (Wildman–Crippen MR) is 82.9 cm³/mol. The van der Waals surface area contributed by atoms with Gasteiger partial charge in [0.25, 0.3) is 5.91 Å². The summed E-state index contributed by atoms with van der Waals surface area (Å²) in [6.45, 7) is 2.94. The molecule has 2 unspecified atom stereocenters. The van der Waals surface area contributed by atoms with Crippen molar-refractivity contribution in [2.24, 2.45) is 0 Å². The molecule has 1 amide bonds. The van der Waals surface area contributed by atoms with Crippen LogP contribution in [0.5, 0.6) is 0 Å². The van der Waals surface area contributed by atoms with Gasteiger partial charge in [0.15, 0.2) is 11.7 Å². The van der Waals surface area contributed by atoms with Crippen molar-refractivity contribution in [3.63, 3.8) is 0 Å². The van der Waals surface area contributed by atoms with Crippen LogP contribution in [0.25, 0.3) is 0 Å². The van der Waals surface area contributed by atoms with Gasteiger partial charge < -0.3 is 5.11 Å². The number of aromatic nitrogens is 4. The van der Waals surface area contributed by atoms with E-state index in [4.69, 9.17) is 5.11 Å². The first-order valence-corrected chi connectivity index (χ1v) is 7.82. The summed E-state index contributed by atoms with van der Waals surface area (Å²) in [5, 5.41) is 16.6. The lowest BCUT2D eigenvalue weighted by Crippen LogP contribution is -2.45. The maximum Gasteiger partial charge on any atom is 0.410 e. The second-order valence-corrected chi connectivity index (χ2v) is 6.09. The number of nitrogens with zero attached hydrogens (tertiary/aromatic N) is 5. The number of hydrogen-bond donors (Lipinski definition) is 1. The fourth-order valence-corrected chi connectivity index (χ4v) is 2.95. The number of carbonyl (C=O) groups is 2. The quantitative estimate of drug-likeness (QED) is 0.893. The summed E-state index contributed by atoms with van der Waals surface area (Å²) >= 11 is 0. The van der Waals surface area contributed by atoms with Gasteiger partial charge in [0.05, 0.1) is 5.69 Å². The molecule has 3 heterocycles. The largest absolute Gasteiger partial charge is 0.476 e. The Hall–Kier alpha value is -2.85. The molecule has 0 aliphatic carbocycles. The van der Waals surface area contributed by atoms with Gasteiger partial charge in [-0.05, 0) is 26.3 Å². The van der Waals surface area contributed by atoms with Crippen LogP contribution in [0.2, 0.25) is 0 Å². The number of carboxylic acid groups (broad SMARTS) is 1. The van der Waals surface area contributed by atoms with Gasteiger partial charge in [0.2, 0.25) is 0 Å². The third kappa shape index (κ3) is 3.04. The van der Waals surface area contributed by atoms with Crippen molar-refractivity contribution >= 4 is 17.7 Å². The second-order valence-electron chi connectivity index (χ2n) is 6.09. The van der Waals surface area contributed by atoms with Gasteiger partial charge in [0.1, 0.15) is 11.9 Å². The first-order valence-electron chi connectivity index (χ1n) is 7.82. The van der Waals surface area contributed by atoms with E-state index >= 15 is 0 Å². The molecule has 0 saturated carbocycles. The van der Waals surface area contributed by atoms with Gasteiger partial charge in [-0.3, -0.25) is 14.4 Å². The SMILES string of the molecule is Cc1cc2n(n1)C(C(F)(F)F)CCN2C(=O)C(C)n1ccc(C(=O)O)n1. The number of hydrogen-bond acceptors (Lipinski definition) is 4. The fraction of sp³-hybridized carbons (Fsp3) is 0.467. The van der Waals surface area contributed by atoms with E-state index < -0.39 is 30.1 Å². The maximum absolute atomic E-state index is 13.2. The summed E-state index contributed by atoms with van der Waals surface area (Å²) in [6.07, 6.45) is -3.43. The highest BCUT2D eigenvalue weighted by atomic mass is 19.4. The highest BCUT2D eigenvalue weighted by molar-refractivity contribution is 5.95. The van der Waals surface area contributed by atoms with E-state index in [0.717, 1.165) is 4.68 Å². The van der Waals surface area contributed by atoms with Crippen molar-refractivity contribution in [1.82, 2.24) is 19.6 Å². The Morgan fingerprint density at radius 3 is 2.62 bits per heavy atom. The van der Waals surface area contributed by atoms with Crippen molar-refractivity contribution in [1.29, 1.82) is 0 Å². The highest BCUT2D eigenvalue weighted by Gasteiger charge is 2.46. The van der Waals surface area contributed by atoms with Crippen LogP contribution in [0.15, 0.2) is 18.3 Å². The van der Waals surface area contributed by atoms with Crippen LogP contribution >= 0.6 is 0 Å². The van der Waals surface area contributed by atoms with Crippen molar-refractivity contribution in [3.05, 3.63) is 29.7 Å². The predicted octanol–water partition coefficient (Wildman–Crippen LogP) is 2.19. The number of aromatic carboxylic acids is 1. The minimum absolute atomic E-state index is 0.0681. The molecule has 11 heteroatoms. The molecule has 0 saturated heterocycles. The first kappa shape index (κ1) is 18.0. The number of alkyl halides is 3. The molecule has 8 nitrogen and oxygen atoms in total. The number of amides is 1. The van der Waals surface area contributed by atoms with E-state index in [-0.39, 0.29) is 24.5 Å². The smallest absolute Gasteiger partial charge is 0.410 e. The van der Waals surface area contributed by atoms with Gasteiger partial charge in [0, 0.05) is 18.8 Å². The number of rotatable bonds is 3. The van der Waals surface area contributed by atoms with E-state index in [9.17, 15) is 22.8 Å². The standard InChI is InChI=1S/C15H16F3N5O3/c1-8-7-12-21(5-4-11(15(16,17)18)23(12)19-8)13(24)9(2)22-6-3-10(20-22)14(25)26/h3,6-7,9,11H,4-5H2,1-2H3,(H,25,26). The molecule has 0 fully saturated rings. The molecule has 2 atom stereocenters. The number of aryl methyl sites for hydroxylation is 1. The van der Waals surface area contributed by atoms with Crippen molar-refractivity contribution in [2.75, 3.05) is 11.4 Å². The normalized spacial score (nSPS) is 18.5. The fourth-order valence-electron chi connectivity index (χ4n) is 2.95. The number of carbonyl (C=O) groups excluding carboxylic acids is 1. The summed E-state index contributed by atoms with van der Waals surface area (Å²) in [4.78, 5) is 24.9. The van der Waals surface area contributed by atoms with Crippen LogP contribution in [0.1, 0.15) is 41.6 Å². The average molecular weight is 371 g/mol. The lowest BCUT2D eigenvalue weighted by molar-refractivity contribution is -0.173. The molecule has 2 aromatic rings. The van der Waals surface area contributed by atoms with E-state index in [0.29, 0.717) is 5.69 Å². The van der Waals surface area contributed by atoms with Crippen LogP contribution in [0.4, 0.5) is 19.0 Å². The average Bonchev–Trinajstić information content (AvgIpc) is 3.17. The summed E-state index contributed by atoms with van der Waals surface area (Å²) in [7, 11) is 0. The zero-order valence-electron chi connectivity index (χ0n) is 13.9. The van der Waals surface area contributed by atoms with Crippen LogP contribution in [0.3, 0.4) is 0 Å². The summed E-state index contributed by atoms with van der Waals surface area (Å²) in [5.74, 6) is -1.66. The molecular weight excluding hydrogens is 355 g/mol. The molecule has 26 heavy (non-hydrogen) atoms. The number of fused-ring (bicyclic) bond motifs is 1. The molecular formula is C15H16F3N5O3. The molecule has 1 aliphatic heterocycles. The summed E-state index contributed by atoms with van der Waals surface area (Å²) < 4.78 is 41.7. The van der Waals surface area contributed by atoms with E-state index in [1.807, 2.05) is 0 Å². The zero-order chi connectivity index (χ0) is 19.2. The molecule has 0 aromatic carbocycles. The molecule has 1 aliphatic rings. The first-order chi connectivity index (χ1) is 12.1. The van der Waals surface area contributed by atoms with Crippen molar-refractivity contribution in [3.8, 4) is 0 Å². The number of halogens is 3. The van der Waals surface area contributed by atoms with Gasteiger partial charge in [-0.1, -0.05) is 0 Å². The van der Waals surface area contributed by atoms with Crippen LogP contribution in [-0.4, -0.2) is 49.3 Å². The topological polar surface area (TPSA) is 93.2 Å². The van der Waals surface area contributed by atoms with Gasteiger partial charge >= 0.3 is 12.1 Å². The minimum Gasteiger partial charge on any atom is -0.476 e. The van der Waals surface area contributed by atoms with Gasteiger partial charge in [-0.15, -0.1) is 0 Å². The van der Waals surface area contributed by atoms with E-state index in [2.05, 4.69) is 10.2 Å². The van der Waals surface area contributed by atoms with Crippen molar-refractivity contribution < 1.29 is 27.9 Å². The minimum atomic E-state index is -4.47. The number of anilines is 1. The van der Waals surface area contributed by atoms with E-state index in [1.165, 1.54) is 34.8 Å². The molecule has 2 aromatic heterocycles. The second kappa shape index (κ2) is 6.15. The van der Waals surface area contributed by atoms with E-state index in [1.54, 1.807) is 6.92 Å². The van der Waals surface area contributed by atoms with Crippen LogP contribution < -0.4 is 4.90 Å². The molecule has 140 valence electrons. The Morgan fingerprint density at radius 2 is 2.04 bits per heavy atom. The Kier molecular flexibility index (Phi) is 4.24. The lowest BCUT2D eigenvalue weighted by Gasteiger charge is -2.35. The Bertz CT molecular complexity index is 857. The third-order valence-corrected chi connectivity index (χ3v) is 4.26. The Labute approximate surface area is 145 Å². The Balaban J connectivity index is 1.90. The lowest BCUT2D eigenvalue weighted by atomic mass is 10.1. The van der Waals surface area contributed by atoms with Gasteiger partial charge in [-0.2, -0.15) is 23.4 Å². The van der Waals surface area contributed by atoms with Crippen LogP contribution in [-0.2, 0) is 4.79 Å². The van der Waals surface area contributed by atoms with Crippen molar-refractivity contribution in [2.45, 2.75) is 38.5 Å². The van der Waals surface area contributed by atoms with Crippen LogP contribution in [0, 0.1) is 6.92 Å². The van der Waals surface area contributed by atoms with Gasteiger partial charge in [-0.25, -0.2) is 9.48 Å². The third-order valence-electron chi connectivity index (χ3n) is 4.26. The maximum atomic E-state index is 13.2. The number of carboxylic acids is 1. The molecule has 0 radical (unpaired) electrons. The monoisotopic (exact) mass is 371 g/mol. The zero-order valence-corrected chi connectivity index (χ0v) is 13.9. The summed E-state index contributed by atoms with van der Waals surface area (Å²) in [5.41, 5.74) is 0.148. The summed E-state index contributed by atoms with van der Waals surface area (Å²) in [6, 6.07) is 0.00749. The molecule has 0 spiro atoms. The molecule has 3 rings (SSSR count).